The van der Waals surface area contributed by atoms with Gasteiger partial charge in [0.15, 0.2) is 0 Å². The highest BCUT2D eigenvalue weighted by Crippen LogP contribution is 2.26. The molecule has 2 aliphatic rings. The van der Waals surface area contributed by atoms with E-state index in [4.69, 9.17) is 0 Å². The zero-order chi connectivity index (χ0) is 16.3. The number of carbonyl (C=O) groups excluding carboxylic acids is 1. The van der Waals surface area contributed by atoms with E-state index in [0.29, 0.717) is 12.0 Å². The summed E-state index contributed by atoms with van der Waals surface area (Å²) in [5, 5.41) is 6.61. The second-order valence-electron chi connectivity index (χ2n) is 7.39. The number of hydrogen-bond acceptors (Lipinski definition) is 4. The van der Waals surface area contributed by atoms with Crippen molar-refractivity contribution in [1.29, 1.82) is 0 Å². The molecule has 5 nitrogen and oxygen atoms in total. The molecular weight excluding hydrogens is 288 g/mol. The van der Waals surface area contributed by atoms with Crippen molar-refractivity contribution in [2.45, 2.75) is 39.3 Å². The summed E-state index contributed by atoms with van der Waals surface area (Å²) in [4.78, 5) is 19.4. The van der Waals surface area contributed by atoms with Gasteiger partial charge in [-0.25, -0.2) is 0 Å². The fourth-order valence-corrected chi connectivity index (χ4v) is 3.66. The summed E-state index contributed by atoms with van der Waals surface area (Å²) in [6.45, 7) is 8.98. The minimum absolute atomic E-state index is 0.220. The Labute approximate surface area is 138 Å². The Balaban J connectivity index is 1.51. The Morgan fingerprint density at radius 1 is 1.52 bits per heavy atom. The maximum absolute atomic E-state index is 12.6. The minimum Gasteiger partial charge on any atom is -0.352 e. The van der Waals surface area contributed by atoms with Gasteiger partial charge in [-0.15, -0.1) is 0 Å². The van der Waals surface area contributed by atoms with Crippen molar-refractivity contribution in [3.63, 3.8) is 0 Å². The molecule has 1 aromatic heterocycles. The van der Waals surface area contributed by atoms with Crippen LogP contribution in [0, 0.1) is 11.3 Å². The Morgan fingerprint density at radius 3 is 3.04 bits per heavy atom. The number of likely N-dealkylation sites (tertiary alicyclic amines) is 1. The van der Waals surface area contributed by atoms with E-state index in [9.17, 15) is 4.79 Å². The molecular formula is C18H28N4O. The monoisotopic (exact) mass is 316 g/mol. The van der Waals surface area contributed by atoms with Gasteiger partial charge in [-0.05, 0) is 44.4 Å². The maximum Gasteiger partial charge on any atom is 0.227 e. The zero-order valence-corrected chi connectivity index (χ0v) is 14.2. The molecule has 0 bridgehead atoms. The summed E-state index contributed by atoms with van der Waals surface area (Å²) in [6, 6.07) is 6.35. The molecule has 2 aliphatic heterocycles. The van der Waals surface area contributed by atoms with Crippen LogP contribution in [0.2, 0.25) is 0 Å². The quantitative estimate of drug-likeness (QED) is 0.882. The van der Waals surface area contributed by atoms with E-state index in [1.807, 2.05) is 18.3 Å². The molecule has 1 amide bonds. The lowest BCUT2D eigenvalue weighted by molar-refractivity contribution is -0.130. The summed E-state index contributed by atoms with van der Waals surface area (Å²) in [7, 11) is 0. The van der Waals surface area contributed by atoms with Crippen LogP contribution in [0.4, 0.5) is 0 Å². The third kappa shape index (κ3) is 3.90. The van der Waals surface area contributed by atoms with Crippen molar-refractivity contribution in [3.05, 3.63) is 30.1 Å². The van der Waals surface area contributed by atoms with Crippen LogP contribution in [0.1, 0.15) is 32.4 Å². The first-order valence-corrected chi connectivity index (χ1v) is 8.71. The Kier molecular flexibility index (Phi) is 4.97. The average Bonchev–Trinajstić information content (AvgIpc) is 2.99. The number of nitrogens with one attached hydrogen (secondary N) is 2. The van der Waals surface area contributed by atoms with Crippen molar-refractivity contribution < 1.29 is 4.79 Å². The summed E-state index contributed by atoms with van der Waals surface area (Å²) in [5.41, 5.74) is 0.886. The van der Waals surface area contributed by atoms with Gasteiger partial charge in [-0.1, -0.05) is 13.0 Å². The van der Waals surface area contributed by atoms with E-state index in [2.05, 4.69) is 40.4 Å². The van der Waals surface area contributed by atoms with Crippen LogP contribution in [0.3, 0.4) is 0 Å². The molecule has 0 aliphatic carbocycles. The van der Waals surface area contributed by atoms with Crippen molar-refractivity contribution in [3.8, 4) is 0 Å². The molecule has 3 atom stereocenters. The number of nitrogens with zero attached hydrogens (tertiary/aromatic N) is 2. The van der Waals surface area contributed by atoms with E-state index >= 15 is 0 Å². The highest BCUT2D eigenvalue weighted by Gasteiger charge is 2.38. The fraction of sp³-hybridized carbons (Fsp3) is 0.667. The molecule has 23 heavy (non-hydrogen) atoms. The fourth-order valence-electron chi connectivity index (χ4n) is 3.66. The topological polar surface area (TPSA) is 57.3 Å². The van der Waals surface area contributed by atoms with E-state index in [0.717, 1.165) is 51.3 Å². The SMILES string of the molecule is C[C@@H]1CN(Cc2ccccn2)CC[C@@H]1NC(=O)[C@@]1(C)CCNC1. The number of piperidine rings is 1. The van der Waals surface area contributed by atoms with Crippen LogP contribution in [0.15, 0.2) is 24.4 Å². The molecule has 3 heterocycles. The normalized spacial score (nSPS) is 31.9. The predicted molar refractivity (Wildman–Crippen MR) is 90.8 cm³/mol. The van der Waals surface area contributed by atoms with Gasteiger partial charge in [0.25, 0.3) is 0 Å². The molecule has 1 aromatic rings. The number of hydrogen-bond donors (Lipinski definition) is 2. The van der Waals surface area contributed by atoms with Gasteiger partial charge >= 0.3 is 0 Å². The zero-order valence-electron chi connectivity index (χ0n) is 14.2. The smallest absolute Gasteiger partial charge is 0.227 e. The number of aromatic nitrogens is 1. The first kappa shape index (κ1) is 16.4. The molecule has 2 saturated heterocycles. The number of pyridine rings is 1. The van der Waals surface area contributed by atoms with Gasteiger partial charge in [0.1, 0.15) is 0 Å². The molecule has 0 unspecified atom stereocenters. The van der Waals surface area contributed by atoms with Gasteiger partial charge in [-0.3, -0.25) is 14.7 Å². The number of rotatable bonds is 4. The van der Waals surface area contributed by atoms with Crippen molar-refractivity contribution in [2.24, 2.45) is 11.3 Å². The van der Waals surface area contributed by atoms with Gasteiger partial charge < -0.3 is 10.6 Å². The van der Waals surface area contributed by atoms with Crippen LogP contribution < -0.4 is 10.6 Å². The van der Waals surface area contributed by atoms with Gasteiger partial charge in [0, 0.05) is 38.4 Å². The van der Waals surface area contributed by atoms with Crippen LogP contribution in [-0.2, 0) is 11.3 Å². The first-order chi connectivity index (χ1) is 11.1. The second-order valence-corrected chi connectivity index (χ2v) is 7.39. The Hall–Kier alpha value is -1.46. The molecule has 0 aromatic carbocycles. The molecule has 2 fully saturated rings. The number of amides is 1. The van der Waals surface area contributed by atoms with Crippen LogP contribution in [0.25, 0.3) is 0 Å². The largest absolute Gasteiger partial charge is 0.352 e. The molecule has 2 N–H and O–H groups in total. The summed E-state index contributed by atoms with van der Waals surface area (Å²) in [5.74, 6) is 0.687. The minimum atomic E-state index is -0.231. The van der Waals surface area contributed by atoms with E-state index < -0.39 is 0 Å². The van der Waals surface area contributed by atoms with E-state index in [-0.39, 0.29) is 11.3 Å². The Morgan fingerprint density at radius 2 is 2.39 bits per heavy atom. The van der Waals surface area contributed by atoms with Crippen molar-refractivity contribution in [1.82, 2.24) is 20.5 Å². The lowest BCUT2D eigenvalue weighted by Gasteiger charge is -2.38. The van der Waals surface area contributed by atoms with Crippen LogP contribution in [0.5, 0.6) is 0 Å². The predicted octanol–water partition coefficient (Wildman–Crippen LogP) is 1.41. The van der Waals surface area contributed by atoms with Crippen molar-refractivity contribution in [2.75, 3.05) is 26.2 Å². The average molecular weight is 316 g/mol. The van der Waals surface area contributed by atoms with Crippen molar-refractivity contribution >= 4 is 5.91 Å². The molecule has 0 radical (unpaired) electrons. The standard InChI is InChI=1S/C18H28N4O/c1-14-11-22(12-15-5-3-4-8-20-15)10-6-16(14)21-17(23)18(2)7-9-19-13-18/h3-5,8,14,16,19H,6-7,9-13H2,1-2H3,(H,21,23)/t14-,16+,18+/m1/s1. The molecule has 5 heteroatoms. The molecule has 0 saturated carbocycles. The highest BCUT2D eigenvalue weighted by molar-refractivity contribution is 5.83. The lowest BCUT2D eigenvalue weighted by atomic mass is 9.86. The van der Waals surface area contributed by atoms with Crippen LogP contribution >= 0.6 is 0 Å². The summed E-state index contributed by atoms with van der Waals surface area (Å²) in [6.07, 6.45) is 3.80. The third-order valence-corrected chi connectivity index (χ3v) is 5.33. The molecule has 126 valence electrons. The lowest BCUT2D eigenvalue weighted by Crippen LogP contribution is -2.53. The van der Waals surface area contributed by atoms with E-state index in [1.54, 1.807) is 0 Å². The third-order valence-electron chi connectivity index (χ3n) is 5.33. The summed E-state index contributed by atoms with van der Waals surface area (Å²) >= 11 is 0. The maximum atomic E-state index is 12.6. The second kappa shape index (κ2) is 6.97. The highest BCUT2D eigenvalue weighted by atomic mass is 16.2. The van der Waals surface area contributed by atoms with Gasteiger partial charge in [0.2, 0.25) is 5.91 Å². The number of carbonyl (C=O) groups is 1. The Bertz CT molecular complexity index is 527. The first-order valence-electron chi connectivity index (χ1n) is 8.71. The van der Waals surface area contributed by atoms with Gasteiger partial charge in [-0.2, -0.15) is 0 Å². The van der Waals surface area contributed by atoms with E-state index in [1.165, 1.54) is 0 Å². The molecule has 3 rings (SSSR count). The van der Waals surface area contributed by atoms with Crippen LogP contribution in [-0.4, -0.2) is 48.0 Å². The van der Waals surface area contributed by atoms with Gasteiger partial charge in [0.05, 0.1) is 11.1 Å². The molecule has 0 spiro atoms. The summed E-state index contributed by atoms with van der Waals surface area (Å²) < 4.78 is 0.